The number of anilines is 1. The summed E-state index contributed by atoms with van der Waals surface area (Å²) in [6.45, 7) is 5.74. The largest absolute Gasteiger partial charge is 0.495 e. The number of para-hydroxylation sites is 2. The van der Waals surface area contributed by atoms with Crippen LogP contribution in [0.2, 0.25) is 0 Å². The first-order valence-electron chi connectivity index (χ1n) is 10.5. The van der Waals surface area contributed by atoms with Crippen LogP contribution in [-0.4, -0.2) is 64.4 Å². The molecular weight excluding hydrogens is 380 g/mol. The third kappa shape index (κ3) is 4.56. The number of fused-ring (bicyclic) bond motifs is 1. The molecule has 0 aromatic heterocycles. The first-order valence-corrected chi connectivity index (χ1v) is 10.5. The lowest BCUT2D eigenvalue weighted by Crippen LogP contribution is -2.52. The highest BCUT2D eigenvalue weighted by atomic mass is 16.5. The maximum atomic E-state index is 5.80. The van der Waals surface area contributed by atoms with Gasteiger partial charge in [-0.3, -0.25) is 4.99 Å². The van der Waals surface area contributed by atoms with E-state index >= 15 is 0 Å². The Balaban J connectivity index is 1.34. The number of guanidine groups is 1. The summed E-state index contributed by atoms with van der Waals surface area (Å²) >= 11 is 0. The molecule has 0 bridgehead atoms. The van der Waals surface area contributed by atoms with Crippen LogP contribution in [0.25, 0.3) is 0 Å². The number of nitrogens with zero attached hydrogens (tertiary/aromatic N) is 3. The van der Waals surface area contributed by atoms with Gasteiger partial charge in [0.25, 0.3) is 0 Å². The van der Waals surface area contributed by atoms with E-state index in [0.717, 1.165) is 67.1 Å². The Kier molecular flexibility index (Phi) is 6.47. The number of hydrogen-bond donors (Lipinski definition) is 1. The van der Waals surface area contributed by atoms with Crippen molar-refractivity contribution in [1.82, 2.24) is 10.2 Å². The fourth-order valence-corrected chi connectivity index (χ4v) is 3.88. The van der Waals surface area contributed by atoms with Crippen molar-refractivity contribution in [3.8, 4) is 17.2 Å². The van der Waals surface area contributed by atoms with Crippen molar-refractivity contribution in [2.75, 3.05) is 58.5 Å². The van der Waals surface area contributed by atoms with Gasteiger partial charge in [-0.1, -0.05) is 18.2 Å². The van der Waals surface area contributed by atoms with Crippen LogP contribution in [0, 0.1) is 0 Å². The molecule has 0 spiro atoms. The number of rotatable bonds is 4. The Labute approximate surface area is 178 Å². The fourth-order valence-electron chi connectivity index (χ4n) is 3.88. The molecule has 4 rings (SSSR count). The molecule has 1 fully saturated rings. The first-order chi connectivity index (χ1) is 14.8. The summed E-state index contributed by atoms with van der Waals surface area (Å²) in [7, 11) is 3.56. The van der Waals surface area contributed by atoms with E-state index in [1.54, 1.807) is 7.11 Å². The van der Waals surface area contributed by atoms with Gasteiger partial charge < -0.3 is 29.3 Å². The van der Waals surface area contributed by atoms with Gasteiger partial charge in [0.2, 0.25) is 0 Å². The van der Waals surface area contributed by atoms with E-state index in [2.05, 4.69) is 44.4 Å². The normalized spacial score (nSPS) is 16.8. The monoisotopic (exact) mass is 410 g/mol. The summed E-state index contributed by atoms with van der Waals surface area (Å²) in [5.74, 6) is 3.49. The molecular formula is C23H30N4O3. The standard InChI is InChI=1S/C23H30N4O3/c1-24-23(25-17-18-8-9-21-22(16-18)30-15-5-14-29-21)27-12-10-26(11-13-27)19-6-3-4-7-20(19)28-2/h3-4,6-9,16H,5,10-15,17H2,1-2H3,(H,24,25). The molecule has 2 aromatic carbocycles. The van der Waals surface area contributed by atoms with E-state index in [1.807, 2.05) is 25.2 Å². The SMILES string of the molecule is CN=C(NCc1ccc2c(c1)OCCCO2)N1CCN(c2ccccc2OC)CC1. The van der Waals surface area contributed by atoms with Gasteiger partial charge in [-0.2, -0.15) is 0 Å². The van der Waals surface area contributed by atoms with Gasteiger partial charge in [-0.05, 0) is 29.8 Å². The molecule has 30 heavy (non-hydrogen) atoms. The number of aliphatic imine (C=N–C) groups is 1. The van der Waals surface area contributed by atoms with Gasteiger partial charge in [0, 0.05) is 46.2 Å². The lowest BCUT2D eigenvalue weighted by Gasteiger charge is -2.38. The summed E-state index contributed by atoms with van der Waals surface area (Å²) in [6, 6.07) is 14.3. The van der Waals surface area contributed by atoms with E-state index in [9.17, 15) is 0 Å². The van der Waals surface area contributed by atoms with Crippen LogP contribution >= 0.6 is 0 Å². The number of benzene rings is 2. The molecule has 0 atom stereocenters. The molecule has 0 unspecified atom stereocenters. The van der Waals surface area contributed by atoms with Crippen molar-refractivity contribution in [2.24, 2.45) is 4.99 Å². The molecule has 1 N–H and O–H groups in total. The molecule has 160 valence electrons. The molecule has 7 heteroatoms. The third-order valence-corrected chi connectivity index (χ3v) is 5.48. The second kappa shape index (κ2) is 9.61. The maximum absolute atomic E-state index is 5.80. The fraction of sp³-hybridized carbons (Fsp3) is 0.435. The predicted octanol–water partition coefficient (Wildman–Crippen LogP) is 2.75. The quantitative estimate of drug-likeness (QED) is 0.618. The number of methoxy groups -OCH3 is 1. The van der Waals surface area contributed by atoms with Crippen LogP contribution in [0.15, 0.2) is 47.5 Å². The van der Waals surface area contributed by atoms with Gasteiger partial charge >= 0.3 is 0 Å². The Hall–Kier alpha value is -3.09. The Morgan fingerprint density at radius 3 is 2.57 bits per heavy atom. The van der Waals surface area contributed by atoms with Gasteiger partial charge in [-0.25, -0.2) is 0 Å². The molecule has 0 amide bonds. The van der Waals surface area contributed by atoms with E-state index in [1.165, 1.54) is 0 Å². The van der Waals surface area contributed by atoms with Gasteiger partial charge in [0.15, 0.2) is 17.5 Å². The topological polar surface area (TPSA) is 58.6 Å². The minimum Gasteiger partial charge on any atom is -0.495 e. The molecule has 0 aliphatic carbocycles. The highest BCUT2D eigenvalue weighted by Crippen LogP contribution is 2.30. The maximum Gasteiger partial charge on any atom is 0.194 e. The molecule has 2 heterocycles. The molecule has 2 aromatic rings. The zero-order valence-electron chi connectivity index (χ0n) is 17.8. The lowest BCUT2D eigenvalue weighted by molar-refractivity contribution is 0.297. The van der Waals surface area contributed by atoms with E-state index in [4.69, 9.17) is 14.2 Å². The van der Waals surface area contributed by atoms with Crippen molar-refractivity contribution >= 4 is 11.6 Å². The second-order valence-electron chi connectivity index (χ2n) is 7.38. The van der Waals surface area contributed by atoms with Crippen LogP contribution in [0.4, 0.5) is 5.69 Å². The van der Waals surface area contributed by atoms with Gasteiger partial charge in [0.05, 0.1) is 26.0 Å². The number of hydrogen-bond acceptors (Lipinski definition) is 5. The van der Waals surface area contributed by atoms with Crippen molar-refractivity contribution in [3.05, 3.63) is 48.0 Å². The molecule has 0 radical (unpaired) electrons. The Morgan fingerprint density at radius 2 is 1.80 bits per heavy atom. The van der Waals surface area contributed by atoms with Crippen molar-refractivity contribution in [2.45, 2.75) is 13.0 Å². The zero-order valence-corrected chi connectivity index (χ0v) is 17.8. The van der Waals surface area contributed by atoms with Crippen LogP contribution < -0.4 is 24.4 Å². The number of nitrogens with one attached hydrogen (secondary N) is 1. The summed E-state index contributed by atoms with van der Waals surface area (Å²) in [5.41, 5.74) is 2.29. The number of piperazine rings is 1. The zero-order chi connectivity index (χ0) is 20.8. The van der Waals surface area contributed by atoms with Gasteiger partial charge in [0.1, 0.15) is 5.75 Å². The van der Waals surface area contributed by atoms with E-state index < -0.39 is 0 Å². The highest BCUT2D eigenvalue weighted by molar-refractivity contribution is 5.80. The third-order valence-electron chi connectivity index (χ3n) is 5.48. The second-order valence-corrected chi connectivity index (χ2v) is 7.38. The summed E-state index contributed by atoms with van der Waals surface area (Å²) in [5, 5.41) is 3.49. The Bertz CT molecular complexity index is 879. The average Bonchev–Trinajstić information content (AvgIpc) is 3.05. The summed E-state index contributed by atoms with van der Waals surface area (Å²) in [6.07, 6.45) is 0.912. The van der Waals surface area contributed by atoms with Crippen LogP contribution in [0.3, 0.4) is 0 Å². The number of ether oxygens (including phenoxy) is 3. The van der Waals surface area contributed by atoms with Gasteiger partial charge in [-0.15, -0.1) is 0 Å². The van der Waals surface area contributed by atoms with Crippen LogP contribution in [0.5, 0.6) is 17.2 Å². The first kappa shape index (κ1) is 20.2. The van der Waals surface area contributed by atoms with Crippen molar-refractivity contribution < 1.29 is 14.2 Å². The average molecular weight is 411 g/mol. The highest BCUT2D eigenvalue weighted by Gasteiger charge is 2.21. The lowest BCUT2D eigenvalue weighted by atomic mass is 10.2. The minimum atomic E-state index is 0.691. The van der Waals surface area contributed by atoms with Crippen molar-refractivity contribution in [1.29, 1.82) is 0 Å². The summed E-state index contributed by atoms with van der Waals surface area (Å²) < 4.78 is 17.0. The molecule has 2 aliphatic heterocycles. The predicted molar refractivity (Wildman–Crippen MR) is 119 cm³/mol. The van der Waals surface area contributed by atoms with Crippen LogP contribution in [-0.2, 0) is 6.54 Å². The van der Waals surface area contributed by atoms with Crippen molar-refractivity contribution in [3.63, 3.8) is 0 Å². The summed E-state index contributed by atoms with van der Waals surface area (Å²) in [4.78, 5) is 9.16. The molecule has 1 saturated heterocycles. The molecule has 2 aliphatic rings. The minimum absolute atomic E-state index is 0.691. The van der Waals surface area contributed by atoms with E-state index in [0.29, 0.717) is 19.8 Å². The Morgan fingerprint density at radius 1 is 1.03 bits per heavy atom. The molecule has 7 nitrogen and oxygen atoms in total. The van der Waals surface area contributed by atoms with Crippen LogP contribution in [0.1, 0.15) is 12.0 Å². The smallest absolute Gasteiger partial charge is 0.194 e. The van der Waals surface area contributed by atoms with E-state index in [-0.39, 0.29) is 0 Å². The molecule has 0 saturated carbocycles.